The summed E-state index contributed by atoms with van der Waals surface area (Å²) in [4.78, 5) is 36.2. The summed E-state index contributed by atoms with van der Waals surface area (Å²) in [5, 5.41) is 26.8. The molecule has 3 aliphatic heterocycles. The fraction of sp³-hybridized carbons (Fsp3) is 0.735. The fourth-order valence-electron chi connectivity index (χ4n) is 6.60. The fourth-order valence-corrected chi connectivity index (χ4v) is 6.60. The Bertz CT molecular complexity index is 1120. The third-order valence-corrected chi connectivity index (χ3v) is 9.40. The Morgan fingerprint density at radius 3 is 2.42 bits per heavy atom. The topological polar surface area (TPSA) is 156 Å². The Morgan fingerprint density at radius 2 is 1.76 bits per heavy atom. The maximum absolute atomic E-state index is 12.8. The van der Waals surface area contributed by atoms with Gasteiger partial charge in [0.05, 0.1) is 43.5 Å². The average molecular weight is 633 g/mol. The molecule has 11 heteroatoms. The lowest BCUT2D eigenvalue weighted by Crippen LogP contribution is -2.51. The van der Waals surface area contributed by atoms with Gasteiger partial charge < -0.3 is 39.8 Å². The first kappa shape index (κ1) is 35.3. The number of nitrogens with one attached hydrogen (secondary N) is 2. The minimum atomic E-state index is -0.810. The summed E-state index contributed by atoms with van der Waals surface area (Å²) in [7, 11) is 0. The zero-order chi connectivity index (χ0) is 32.7. The van der Waals surface area contributed by atoms with E-state index in [1.54, 1.807) is 13.0 Å². The highest BCUT2D eigenvalue weighted by molar-refractivity contribution is 5.87. The van der Waals surface area contributed by atoms with Gasteiger partial charge in [-0.25, -0.2) is 0 Å². The number of epoxide rings is 1. The van der Waals surface area contributed by atoms with Gasteiger partial charge in [0.15, 0.2) is 0 Å². The van der Waals surface area contributed by atoms with Gasteiger partial charge in [0, 0.05) is 25.5 Å². The van der Waals surface area contributed by atoms with Gasteiger partial charge in [0.25, 0.3) is 0 Å². The summed E-state index contributed by atoms with van der Waals surface area (Å²) in [5.41, 5.74) is 0.344. The molecule has 1 spiro atoms. The Kier molecular flexibility index (Phi) is 12.4. The molecule has 4 aliphatic rings. The molecule has 4 rings (SSSR count). The van der Waals surface area contributed by atoms with Crippen LogP contribution < -0.4 is 10.6 Å². The molecule has 252 valence electrons. The average Bonchev–Trinajstić information content (AvgIpc) is 3.74. The normalized spacial score (nSPS) is 37.8. The molecule has 4 N–H and O–H groups in total. The monoisotopic (exact) mass is 632 g/mol. The van der Waals surface area contributed by atoms with Crippen molar-refractivity contribution < 1.29 is 43.5 Å². The van der Waals surface area contributed by atoms with Crippen molar-refractivity contribution in [1.29, 1.82) is 0 Å². The van der Waals surface area contributed by atoms with Gasteiger partial charge in [-0.3, -0.25) is 14.4 Å². The van der Waals surface area contributed by atoms with Crippen molar-refractivity contribution >= 4 is 17.8 Å². The number of ether oxygens (including phenoxy) is 4. The first-order valence-corrected chi connectivity index (χ1v) is 16.4. The Hall–Kier alpha value is -2.57. The molecule has 2 amide bonds. The van der Waals surface area contributed by atoms with Crippen LogP contribution in [-0.4, -0.2) is 95.0 Å². The van der Waals surface area contributed by atoms with Crippen LogP contribution >= 0.6 is 0 Å². The van der Waals surface area contributed by atoms with Gasteiger partial charge >= 0.3 is 5.97 Å². The third kappa shape index (κ3) is 10.5. The minimum Gasteiger partial charge on any atom is -0.459 e. The van der Waals surface area contributed by atoms with E-state index in [0.717, 1.165) is 24.8 Å². The number of esters is 1. The second-order valence-electron chi connectivity index (χ2n) is 13.4. The molecule has 45 heavy (non-hydrogen) atoms. The van der Waals surface area contributed by atoms with Crippen molar-refractivity contribution in [3.63, 3.8) is 0 Å². The highest BCUT2D eigenvalue weighted by atomic mass is 16.6. The number of carbonyl (C=O) groups excluding carboxylic acids is 3. The zero-order valence-electron chi connectivity index (χ0n) is 27.3. The van der Waals surface area contributed by atoms with E-state index in [0.29, 0.717) is 32.3 Å². The van der Waals surface area contributed by atoms with Gasteiger partial charge in [0.1, 0.15) is 23.9 Å². The van der Waals surface area contributed by atoms with E-state index in [1.807, 2.05) is 26.0 Å². The molecule has 0 aromatic heterocycles. The molecule has 4 fully saturated rings. The molecule has 0 aromatic carbocycles. The third-order valence-electron chi connectivity index (χ3n) is 9.40. The molecule has 3 heterocycles. The summed E-state index contributed by atoms with van der Waals surface area (Å²) in [6.07, 6.45) is 11.3. The smallest absolute Gasteiger partial charge is 0.303 e. The second-order valence-corrected chi connectivity index (χ2v) is 13.4. The summed E-state index contributed by atoms with van der Waals surface area (Å²) in [6, 6.07) is -0.0472. The zero-order valence-corrected chi connectivity index (χ0v) is 27.3. The van der Waals surface area contributed by atoms with Crippen LogP contribution in [0, 0.1) is 5.92 Å². The van der Waals surface area contributed by atoms with Crippen LogP contribution in [0.25, 0.3) is 0 Å². The van der Waals surface area contributed by atoms with Crippen molar-refractivity contribution in [2.24, 2.45) is 5.92 Å². The van der Waals surface area contributed by atoms with Crippen molar-refractivity contribution in [3.05, 3.63) is 36.0 Å². The van der Waals surface area contributed by atoms with Crippen molar-refractivity contribution in [2.45, 2.75) is 146 Å². The molecule has 0 unspecified atom stereocenters. The first-order chi connectivity index (χ1) is 21.3. The van der Waals surface area contributed by atoms with E-state index in [4.69, 9.17) is 18.9 Å². The molecular formula is C34H52N2O9. The SMILES string of the molecule is CC(=O)O[C@@H](C)C=CC(=O)N[C@@H]1C[C@H](C)[C@H](CC=C(C)C=C[C@H]2O[C@H](CC(=O)N[C@H]3CC[C@H](O)CC3)C[C@@]3(CO3)[C@@H]2O)O[C@@H]1C. The quantitative estimate of drug-likeness (QED) is 0.116. The predicted octanol–water partition coefficient (Wildman–Crippen LogP) is 2.78. The Morgan fingerprint density at radius 1 is 1.04 bits per heavy atom. The van der Waals surface area contributed by atoms with E-state index in [-0.39, 0.29) is 60.7 Å². The van der Waals surface area contributed by atoms with Crippen molar-refractivity contribution in [2.75, 3.05) is 6.61 Å². The van der Waals surface area contributed by atoms with Gasteiger partial charge in [-0.1, -0.05) is 30.7 Å². The lowest BCUT2D eigenvalue weighted by atomic mass is 9.87. The van der Waals surface area contributed by atoms with E-state index in [9.17, 15) is 24.6 Å². The number of aliphatic hydroxyl groups is 2. The molecule has 1 aliphatic carbocycles. The first-order valence-electron chi connectivity index (χ1n) is 16.4. The van der Waals surface area contributed by atoms with Crippen LogP contribution in [0.2, 0.25) is 0 Å². The van der Waals surface area contributed by atoms with Crippen LogP contribution in [0.15, 0.2) is 36.0 Å². The lowest BCUT2D eigenvalue weighted by molar-refractivity contribution is -0.146. The number of rotatable bonds is 11. The summed E-state index contributed by atoms with van der Waals surface area (Å²) in [5.74, 6) is -0.509. The summed E-state index contributed by atoms with van der Waals surface area (Å²) in [6.45, 7) is 9.54. The van der Waals surface area contributed by atoms with Crippen LogP contribution in [0.5, 0.6) is 0 Å². The lowest BCUT2D eigenvalue weighted by Gasteiger charge is -2.39. The number of aliphatic hydroxyl groups excluding tert-OH is 2. The van der Waals surface area contributed by atoms with Crippen molar-refractivity contribution in [1.82, 2.24) is 10.6 Å². The van der Waals surface area contributed by atoms with Gasteiger partial charge in [-0.2, -0.15) is 0 Å². The maximum atomic E-state index is 12.8. The van der Waals surface area contributed by atoms with Crippen LogP contribution in [0.3, 0.4) is 0 Å². The molecule has 11 nitrogen and oxygen atoms in total. The molecule has 0 aromatic rings. The van der Waals surface area contributed by atoms with E-state index >= 15 is 0 Å². The second kappa shape index (κ2) is 15.8. The Balaban J connectivity index is 1.25. The Labute approximate surface area is 266 Å². The molecule has 3 saturated heterocycles. The van der Waals surface area contributed by atoms with Gasteiger partial charge in [0.2, 0.25) is 11.8 Å². The van der Waals surface area contributed by atoms with Gasteiger partial charge in [-0.15, -0.1) is 0 Å². The number of allylic oxidation sites excluding steroid dienone is 2. The summed E-state index contributed by atoms with van der Waals surface area (Å²) < 4.78 is 23.2. The molecule has 9 atom stereocenters. The largest absolute Gasteiger partial charge is 0.459 e. The highest BCUT2D eigenvalue weighted by Gasteiger charge is 2.58. The van der Waals surface area contributed by atoms with E-state index in [2.05, 4.69) is 23.6 Å². The predicted molar refractivity (Wildman–Crippen MR) is 167 cm³/mol. The highest BCUT2D eigenvalue weighted by Crippen LogP contribution is 2.43. The molecular weight excluding hydrogens is 580 g/mol. The molecule has 0 radical (unpaired) electrons. The van der Waals surface area contributed by atoms with Crippen LogP contribution in [0.1, 0.15) is 86.0 Å². The van der Waals surface area contributed by atoms with E-state index < -0.39 is 29.9 Å². The number of carbonyl (C=O) groups is 3. The van der Waals surface area contributed by atoms with E-state index in [1.165, 1.54) is 13.0 Å². The van der Waals surface area contributed by atoms with Crippen LogP contribution in [0.4, 0.5) is 0 Å². The maximum Gasteiger partial charge on any atom is 0.303 e. The molecule has 0 bridgehead atoms. The molecule has 1 saturated carbocycles. The van der Waals surface area contributed by atoms with Crippen molar-refractivity contribution in [3.8, 4) is 0 Å². The number of hydrogen-bond donors (Lipinski definition) is 4. The number of amides is 2. The standard InChI is InChI=1S/C34H52N2O9/c1-20(6-13-29-21(2)16-28(23(4)44-29)36-31(39)15-8-22(3)43-24(5)37)7-14-30-33(41)34(19-42-34)18-27(45-30)17-32(40)35-25-9-11-26(38)12-10-25/h6-8,14-15,21-23,25-30,33,38,41H,9-13,16-19H2,1-5H3,(H,35,40)(H,36,39)/t21-,22-,23+,25-,26-,27+,28+,29-,30+,33+,34+/m0/s1. The van der Waals surface area contributed by atoms with Gasteiger partial charge in [-0.05, 0) is 71.3 Å². The minimum absolute atomic E-state index is 0.00833. The summed E-state index contributed by atoms with van der Waals surface area (Å²) >= 11 is 0. The van der Waals surface area contributed by atoms with Crippen LogP contribution in [-0.2, 0) is 33.3 Å². The number of hydrogen-bond acceptors (Lipinski definition) is 9.